The number of nitrogens with zero attached hydrogens (tertiary/aromatic N) is 2. The minimum absolute atomic E-state index is 0.0420. The van der Waals surface area contributed by atoms with E-state index in [0.29, 0.717) is 0 Å². The molecule has 0 saturated heterocycles. The van der Waals surface area contributed by atoms with Crippen LogP contribution in [0.4, 0.5) is 18.9 Å². The summed E-state index contributed by atoms with van der Waals surface area (Å²) in [5.74, 6) is -4.53. The Hall–Kier alpha value is -2.37. The van der Waals surface area contributed by atoms with Gasteiger partial charge in [-0.25, -0.2) is 4.39 Å². The predicted octanol–water partition coefficient (Wildman–Crippen LogP) is 2.97. The normalized spacial score (nSPS) is 16.1. The summed E-state index contributed by atoms with van der Waals surface area (Å²) < 4.78 is 41.0. The minimum atomic E-state index is -3.19. The first-order valence-corrected chi connectivity index (χ1v) is 5.90. The largest absolute Gasteiger partial charge is 0.300 e. The van der Waals surface area contributed by atoms with Gasteiger partial charge >= 0.3 is 0 Å². The van der Waals surface area contributed by atoms with Gasteiger partial charge in [-0.1, -0.05) is 6.07 Å². The van der Waals surface area contributed by atoms with Gasteiger partial charge in [0.15, 0.2) is 0 Å². The fraction of sp³-hybridized carbons (Fsp3) is 0.143. The molecule has 6 heteroatoms. The van der Waals surface area contributed by atoms with E-state index in [1.807, 2.05) is 0 Å². The summed E-state index contributed by atoms with van der Waals surface area (Å²) in [7, 11) is 0. The maximum atomic E-state index is 13.9. The number of hydrogen-bond acceptors (Lipinski definition) is 2. The molecule has 0 N–H and O–H groups in total. The van der Waals surface area contributed by atoms with Crippen LogP contribution in [0.15, 0.2) is 42.6 Å². The molecule has 3 rings (SSSR count). The van der Waals surface area contributed by atoms with E-state index in [2.05, 4.69) is 4.98 Å². The lowest BCUT2D eigenvalue weighted by Gasteiger charge is -2.16. The van der Waals surface area contributed by atoms with Gasteiger partial charge in [0.05, 0.1) is 12.2 Å². The zero-order valence-electron chi connectivity index (χ0n) is 10.2. The van der Waals surface area contributed by atoms with Gasteiger partial charge < -0.3 is 0 Å². The van der Waals surface area contributed by atoms with E-state index < -0.39 is 24.2 Å². The van der Waals surface area contributed by atoms with Crippen molar-refractivity contribution in [2.75, 3.05) is 11.4 Å². The lowest BCUT2D eigenvalue weighted by atomic mass is 10.1. The monoisotopic (exact) mass is 278 g/mol. The molecule has 1 amide bonds. The molecule has 0 bridgehead atoms. The fourth-order valence-corrected chi connectivity index (χ4v) is 2.22. The maximum Gasteiger partial charge on any atom is 0.292 e. The second-order valence-corrected chi connectivity index (χ2v) is 4.47. The number of benzene rings is 1. The van der Waals surface area contributed by atoms with Crippen molar-refractivity contribution in [2.24, 2.45) is 0 Å². The quantitative estimate of drug-likeness (QED) is 0.803. The molecule has 1 aliphatic heterocycles. The van der Waals surface area contributed by atoms with E-state index in [-0.39, 0.29) is 16.9 Å². The van der Waals surface area contributed by atoms with Crippen molar-refractivity contribution in [3.8, 4) is 0 Å². The Morgan fingerprint density at radius 2 is 2.05 bits per heavy atom. The van der Waals surface area contributed by atoms with Gasteiger partial charge in [0.2, 0.25) is 0 Å². The number of fused-ring (bicyclic) bond motifs is 1. The Labute approximate surface area is 112 Å². The molecule has 1 aliphatic rings. The highest BCUT2D eigenvalue weighted by atomic mass is 19.3. The molecule has 1 aromatic heterocycles. The van der Waals surface area contributed by atoms with Gasteiger partial charge in [0.1, 0.15) is 11.5 Å². The van der Waals surface area contributed by atoms with E-state index >= 15 is 0 Å². The van der Waals surface area contributed by atoms with Crippen LogP contribution in [-0.2, 0) is 5.92 Å². The van der Waals surface area contributed by atoms with Crippen LogP contribution in [0, 0.1) is 5.82 Å². The van der Waals surface area contributed by atoms with Gasteiger partial charge in [0.25, 0.3) is 11.8 Å². The number of alkyl halides is 2. The van der Waals surface area contributed by atoms with Crippen molar-refractivity contribution in [3.63, 3.8) is 0 Å². The van der Waals surface area contributed by atoms with E-state index in [9.17, 15) is 18.0 Å². The van der Waals surface area contributed by atoms with Crippen LogP contribution in [0.1, 0.15) is 16.1 Å². The van der Waals surface area contributed by atoms with Crippen molar-refractivity contribution >= 4 is 11.6 Å². The van der Waals surface area contributed by atoms with Crippen molar-refractivity contribution in [3.05, 3.63) is 59.7 Å². The first-order valence-electron chi connectivity index (χ1n) is 5.90. The Morgan fingerprint density at radius 1 is 1.25 bits per heavy atom. The SMILES string of the molecule is O=C(c1ccccn1)N1CC(F)(F)c2ccc(F)cc21. The number of halogens is 3. The summed E-state index contributed by atoms with van der Waals surface area (Å²) in [5, 5.41) is 0. The third-order valence-electron chi connectivity index (χ3n) is 3.13. The van der Waals surface area contributed by atoms with Crippen LogP contribution in [0.25, 0.3) is 0 Å². The van der Waals surface area contributed by atoms with Crippen LogP contribution in [-0.4, -0.2) is 17.4 Å². The molecule has 20 heavy (non-hydrogen) atoms. The third-order valence-corrected chi connectivity index (χ3v) is 3.13. The van der Waals surface area contributed by atoms with Crippen LogP contribution in [0.5, 0.6) is 0 Å². The highest BCUT2D eigenvalue weighted by Crippen LogP contribution is 2.43. The number of aromatic nitrogens is 1. The summed E-state index contributed by atoms with van der Waals surface area (Å²) in [6.45, 7) is -0.804. The summed E-state index contributed by atoms with van der Waals surface area (Å²) in [6, 6.07) is 7.54. The molecule has 0 fully saturated rings. The Morgan fingerprint density at radius 3 is 2.75 bits per heavy atom. The summed E-state index contributed by atoms with van der Waals surface area (Å²) in [5.41, 5.74) is -0.408. The molecule has 0 saturated carbocycles. The highest BCUT2D eigenvalue weighted by molar-refractivity contribution is 6.06. The number of anilines is 1. The van der Waals surface area contributed by atoms with Crippen LogP contribution >= 0.6 is 0 Å². The van der Waals surface area contributed by atoms with Crippen LogP contribution in [0.3, 0.4) is 0 Å². The number of pyridine rings is 1. The number of amides is 1. The summed E-state index contributed by atoms with van der Waals surface area (Å²) in [4.78, 5) is 16.9. The average molecular weight is 278 g/mol. The van der Waals surface area contributed by atoms with Gasteiger partial charge in [-0.2, -0.15) is 8.78 Å². The molecule has 0 unspecified atom stereocenters. The van der Waals surface area contributed by atoms with Crippen molar-refractivity contribution in [2.45, 2.75) is 5.92 Å². The standard InChI is InChI=1S/C14H9F3N2O/c15-9-4-5-10-12(7-9)19(8-14(10,16)17)13(20)11-3-1-2-6-18-11/h1-7H,8H2. The summed E-state index contributed by atoms with van der Waals surface area (Å²) >= 11 is 0. The first-order chi connectivity index (χ1) is 9.49. The van der Waals surface area contributed by atoms with E-state index in [4.69, 9.17) is 0 Å². The lowest BCUT2D eigenvalue weighted by molar-refractivity contribution is 0.0138. The van der Waals surface area contributed by atoms with Gasteiger partial charge in [-0.05, 0) is 30.3 Å². The van der Waals surface area contributed by atoms with Crippen molar-refractivity contribution in [1.82, 2.24) is 4.98 Å². The molecule has 2 heterocycles. The zero-order valence-corrected chi connectivity index (χ0v) is 10.2. The highest BCUT2D eigenvalue weighted by Gasteiger charge is 2.46. The molecule has 0 spiro atoms. The lowest BCUT2D eigenvalue weighted by Crippen LogP contribution is -2.33. The summed E-state index contributed by atoms with van der Waals surface area (Å²) in [6.07, 6.45) is 1.40. The Kier molecular flexibility index (Phi) is 2.74. The second kappa shape index (κ2) is 4.33. The molecule has 2 aromatic rings. The zero-order chi connectivity index (χ0) is 14.3. The second-order valence-electron chi connectivity index (χ2n) is 4.47. The van der Waals surface area contributed by atoms with Crippen LogP contribution in [0.2, 0.25) is 0 Å². The molecule has 0 atom stereocenters. The molecule has 3 nitrogen and oxygen atoms in total. The average Bonchev–Trinajstić information content (AvgIpc) is 2.70. The molecule has 0 radical (unpaired) electrons. The molecule has 1 aromatic carbocycles. The van der Waals surface area contributed by atoms with Gasteiger partial charge in [-0.3, -0.25) is 14.7 Å². The molecule has 102 valence electrons. The number of hydrogen-bond donors (Lipinski definition) is 0. The third kappa shape index (κ3) is 1.93. The maximum absolute atomic E-state index is 13.9. The minimum Gasteiger partial charge on any atom is -0.300 e. The Balaban J connectivity index is 2.06. The van der Waals surface area contributed by atoms with Gasteiger partial charge in [0, 0.05) is 11.8 Å². The first kappa shape index (κ1) is 12.7. The number of rotatable bonds is 1. The molecular weight excluding hydrogens is 269 g/mol. The van der Waals surface area contributed by atoms with Crippen LogP contribution < -0.4 is 4.90 Å². The topological polar surface area (TPSA) is 33.2 Å². The van der Waals surface area contributed by atoms with Crippen molar-refractivity contribution < 1.29 is 18.0 Å². The molecular formula is C14H9F3N2O. The smallest absolute Gasteiger partial charge is 0.292 e. The van der Waals surface area contributed by atoms with E-state index in [1.165, 1.54) is 12.3 Å². The van der Waals surface area contributed by atoms with Crippen molar-refractivity contribution in [1.29, 1.82) is 0 Å². The fourth-order valence-electron chi connectivity index (χ4n) is 2.22. The van der Waals surface area contributed by atoms with Gasteiger partial charge in [-0.15, -0.1) is 0 Å². The van der Waals surface area contributed by atoms with E-state index in [1.54, 1.807) is 12.1 Å². The van der Waals surface area contributed by atoms with E-state index in [0.717, 1.165) is 23.1 Å². The molecule has 0 aliphatic carbocycles. The number of carbonyl (C=O) groups excluding carboxylic acids is 1. The Bertz CT molecular complexity index is 673. The number of carbonyl (C=O) groups is 1. The predicted molar refractivity (Wildman–Crippen MR) is 66.2 cm³/mol.